The van der Waals surface area contributed by atoms with Gasteiger partial charge in [0.25, 0.3) is 5.56 Å². The average Bonchev–Trinajstić information content (AvgIpc) is 3.72. The summed E-state index contributed by atoms with van der Waals surface area (Å²) in [5, 5.41) is 39.2. The monoisotopic (exact) mass is 938 g/mol. The first-order valence-corrected chi connectivity index (χ1v) is 21.7. The van der Waals surface area contributed by atoms with Crippen LogP contribution >= 0.6 is 46.4 Å². The zero-order chi connectivity index (χ0) is 46.4. The van der Waals surface area contributed by atoms with E-state index in [0.717, 1.165) is 45.4 Å². The lowest BCUT2D eigenvalue weighted by Gasteiger charge is -2.23. The summed E-state index contributed by atoms with van der Waals surface area (Å²) in [4.78, 5) is 27.7. The third-order valence-electron chi connectivity index (χ3n) is 9.67. The van der Waals surface area contributed by atoms with E-state index in [4.69, 9.17) is 62.0 Å². The molecule has 1 aliphatic rings. The highest BCUT2D eigenvalue weighted by atomic mass is 35.5. The van der Waals surface area contributed by atoms with Crippen molar-refractivity contribution in [2.75, 3.05) is 13.2 Å². The number of hydrogen-bond donors (Lipinski definition) is 5. The first-order valence-electron chi connectivity index (χ1n) is 20.2. The van der Waals surface area contributed by atoms with Gasteiger partial charge in [0.2, 0.25) is 5.78 Å². The van der Waals surface area contributed by atoms with Gasteiger partial charge in [0.05, 0.1) is 42.9 Å². The van der Waals surface area contributed by atoms with E-state index in [0.29, 0.717) is 68.9 Å². The summed E-state index contributed by atoms with van der Waals surface area (Å²) >= 11 is 24.5. The first-order chi connectivity index (χ1) is 29.8. The van der Waals surface area contributed by atoms with Gasteiger partial charge in [-0.1, -0.05) is 110 Å². The fourth-order valence-electron chi connectivity index (χ4n) is 7.12. The number of aryl methyl sites for hydroxylation is 1. The molecule has 0 fully saturated rings. The van der Waals surface area contributed by atoms with Crippen LogP contribution in [0.2, 0.25) is 20.1 Å². The molecule has 6 aromatic rings. The third-order valence-corrected chi connectivity index (χ3v) is 10.8. The number of rotatable bonds is 10. The first kappa shape index (κ1) is 50.8. The molecule has 63 heavy (non-hydrogen) atoms. The van der Waals surface area contributed by atoms with Crippen molar-refractivity contribution in [2.45, 2.75) is 73.1 Å². The molecule has 0 radical (unpaired) electrons. The number of nitrogens with zero attached hydrogens (tertiary/aromatic N) is 3. The highest BCUT2D eigenvalue weighted by molar-refractivity contribution is 6.35. The van der Waals surface area contributed by atoms with Gasteiger partial charge in [0, 0.05) is 50.7 Å². The molecule has 0 saturated carbocycles. The Bertz CT molecular complexity index is 2450. The molecule has 0 saturated heterocycles. The normalized spacial score (nSPS) is 12.6. The van der Waals surface area contributed by atoms with Crippen LogP contribution < -0.4 is 11.3 Å². The number of hydrogen-bond acceptors (Lipinski definition) is 9. The number of phenolic OH excluding ortho intramolecular Hbond substituents is 2. The van der Waals surface area contributed by atoms with Crippen LogP contribution in [0.15, 0.2) is 108 Å². The molecule has 2 aromatic heterocycles. The van der Waals surface area contributed by atoms with Crippen molar-refractivity contribution >= 4 is 52.2 Å². The van der Waals surface area contributed by atoms with E-state index in [2.05, 4.69) is 32.7 Å². The number of ketones is 1. The fourth-order valence-corrected chi connectivity index (χ4v) is 8.12. The molecule has 0 amide bonds. The number of carbonyl (C=O) groups is 1. The van der Waals surface area contributed by atoms with Gasteiger partial charge >= 0.3 is 0 Å². The number of pyridine rings is 1. The van der Waals surface area contributed by atoms with E-state index in [9.17, 15) is 25.0 Å². The van der Waals surface area contributed by atoms with Crippen molar-refractivity contribution in [3.63, 3.8) is 0 Å². The largest absolute Gasteiger partial charge is 0.507 e. The highest BCUT2D eigenvalue weighted by Crippen LogP contribution is 2.36. The standard InChI is InChI=1S/C18H14Cl4N2O.C14H23NO2.C14H10O3.C2H7NO/c19-13-2-1-12(16(21)7-13)10-25-18(9-24-6-5-23-11-24)15-4-3-14(20)8-17(15)22;1-10-6-12(15(17)13(16)8-10)7-11(2)9-14(3,4)5;15-10-5-1-3-8-7-9-4-2-6-11(16)13(9)14(17)12(8)10;3-1-2-4/h1-8,11,18H,9-10H2;6,8,11,17H,7,9H2,1-5H3;1-6,15-16H,7H2;4H,1-3H2. The highest BCUT2D eigenvalue weighted by Gasteiger charge is 2.28. The van der Waals surface area contributed by atoms with Crippen LogP contribution in [0.5, 0.6) is 11.5 Å². The second kappa shape index (κ2) is 23.7. The van der Waals surface area contributed by atoms with E-state index in [1.165, 1.54) is 18.2 Å². The van der Waals surface area contributed by atoms with Crippen LogP contribution in [0.3, 0.4) is 0 Å². The summed E-state index contributed by atoms with van der Waals surface area (Å²) in [5.41, 5.74) is 10.2. The van der Waals surface area contributed by atoms with E-state index in [1.54, 1.807) is 48.9 Å². The topological polar surface area (TPSA) is 173 Å². The number of carbonyl (C=O) groups excluding carboxylic acids is 1. The van der Waals surface area contributed by atoms with E-state index < -0.39 is 0 Å². The molecule has 0 aliphatic heterocycles. The van der Waals surface area contributed by atoms with Crippen molar-refractivity contribution < 1.29 is 30.1 Å². The maximum atomic E-state index is 12.2. The van der Waals surface area contributed by atoms with Crippen LogP contribution in [-0.2, 0) is 30.7 Å². The van der Waals surface area contributed by atoms with E-state index in [-0.39, 0.29) is 41.0 Å². The van der Waals surface area contributed by atoms with Crippen LogP contribution in [0.4, 0.5) is 0 Å². The Morgan fingerprint density at radius 1 is 0.857 bits per heavy atom. The molecule has 2 atom stereocenters. The molecule has 0 spiro atoms. The van der Waals surface area contributed by atoms with Crippen molar-refractivity contribution in [3.05, 3.63) is 179 Å². The third kappa shape index (κ3) is 15.1. The predicted octanol–water partition coefficient (Wildman–Crippen LogP) is 10.6. The number of nitrogens with two attached hydrogens (primary N) is 1. The molecule has 2 unspecified atom stereocenters. The summed E-state index contributed by atoms with van der Waals surface area (Å²) in [6.45, 7) is 12.0. The molecule has 15 heteroatoms. The fraction of sp³-hybridized carbons (Fsp3) is 0.312. The molecule has 0 bridgehead atoms. The molecular weight excluding hydrogens is 886 g/mol. The summed E-state index contributed by atoms with van der Waals surface area (Å²) in [7, 11) is 0. The number of fused-ring (bicyclic) bond motifs is 2. The number of aromatic hydroxyl groups is 2. The molecule has 6 N–H and O–H groups in total. The maximum absolute atomic E-state index is 12.2. The minimum Gasteiger partial charge on any atom is -0.507 e. The number of imidazole rings is 1. The van der Waals surface area contributed by atoms with Crippen LogP contribution in [0, 0.1) is 18.3 Å². The molecule has 336 valence electrons. The number of aromatic nitrogens is 3. The molecule has 11 nitrogen and oxygen atoms in total. The van der Waals surface area contributed by atoms with Crippen molar-refractivity contribution in [3.8, 4) is 11.5 Å². The van der Waals surface area contributed by atoms with Crippen molar-refractivity contribution in [2.24, 2.45) is 17.1 Å². The Hall–Kier alpha value is -4.85. The predicted molar refractivity (Wildman–Crippen MR) is 251 cm³/mol. The van der Waals surface area contributed by atoms with Crippen molar-refractivity contribution in [1.82, 2.24) is 14.3 Å². The molecular formula is C48H54Cl4N4O7. The van der Waals surface area contributed by atoms with Crippen LogP contribution in [0.1, 0.15) is 89.7 Å². The quantitative estimate of drug-likeness (QED) is 0.0837. The number of ether oxygens (including phenoxy) is 1. The molecule has 7 rings (SSSR count). The Morgan fingerprint density at radius 2 is 1.44 bits per heavy atom. The van der Waals surface area contributed by atoms with Crippen molar-refractivity contribution in [1.29, 1.82) is 0 Å². The van der Waals surface area contributed by atoms with Gasteiger partial charge < -0.3 is 35.6 Å². The Labute approximate surface area is 388 Å². The van der Waals surface area contributed by atoms with Gasteiger partial charge in [-0.2, -0.15) is 4.73 Å². The SMILES string of the molecule is Cc1cc(CC(C)CC(C)(C)C)n(O)c(=O)c1.Clc1ccc(COC(Cn2ccnc2)c2ccc(Cl)cc2Cl)c(Cl)c1.NCCO.O=C1c2c(O)cccc2Cc2cccc(O)c21. The minimum atomic E-state index is -0.344. The van der Waals surface area contributed by atoms with Gasteiger partial charge in [0.1, 0.15) is 17.6 Å². The zero-order valence-electron chi connectivity index (χ0n) is 35.9. The summed E-state index contributed by atoms with van der Waals surface area (Å²) in [5.74, 6) is 0.0786. The second-order valence-corrected chi connectivity index (χ2v) is 18.0. The average molecular weight is 941 g/mol. The number of aliphatic hydroxyl groups excluding tert-OH is 1. The number of aliphatic hydroxyl groups is 1. The van der Waals surface area contributed by atoms with Gasteiger partial charge in [-0.05, 0) is 102 Å². The van der Waals surface area contributed by atoms with Gasteiger partial charge in [-0.25, -0.2) is 4.98 Å². The summed E-state index contributed by atoms with van der Waals surface area (Å²) in [6, 6.07) is 24.1. The zero-order valence-corrected chi connectivity index (χ0v) is 38.9. The Morgan fingerprint density at radius 3 is 1.97 bits per heavy atom. The summed E-state index contributed by atoms with van der Waals surface area (Å²) in [6.07, 6.45) is 7.38. The lowest BCUT2D eigenvalue weighted by Crippen LogP contribution is -2.23. The number of halogens is 4. The Balaban J connectivity index is 0.000000204. The Kier molecular flexibility index (Phi) is 19.1. The lowest BCUT2D eigenvalue weighted by molar-refractivity contribution is 0.0281. The molecule has 1 aliphatic carbocycles. The maximum Gasteiger partial charge on any atom is 0.283 e. The second-order valence-electron chi connectivity index (χ2n) is 16.3. The van der Waals surface area contributed by atoms with Crippen LogP contribution in [-0.4, -0.2) is 53.7 Å². The van der Waals surface area contributed by atoms with E-state index in [1.807, 2.05) is 48.0 Å². The lowest BCUT2D eigenvalue weighted by atomic mass is 9.83. The summed E-state index contributed by atoms with van der Waals surface area (Å²) < 4.78 is 8.82. The van der Waals surface area contributed by atoms with Crippen LogP contribution in [0.25, 0.3) is 0 Å². The molecule has 2 heterocycles. The van der Waals surface area contributed by atoms with Gasteiger partial charge in [-0.3, -0.25) is 9.59 Å². The minimum absolute atomic E-state index is 0.0265. The van der Waals surface area contributed by atoms with E-state index >= 15 is 0 Å². The number of phenols is 2. The van der Waals surface area contributed by atoms with Gasteiger partial charge in [0.15, 0.2) is 0 Å². The number of benzene rings is 4. The molecule has 4 aromatic carbocycles. The smallest absolute Gasteiger partial charge is 0.283 e. The van der Waals surface area contributed by atoms with Gasteiger partial charge in [-0.15, -0.1) is 0 Å².